The summed E-state index contributed by atoms with van der Waals surface area (Å²) in [6, 6.07) is 7.76. The molecule has 1 aliphatic heterocycles. The van der Waals surface area contributed by atoms with Gasteiger partial charge in [-0.3, -0.25) is 4.79 Å². The van der Waals surface area contributed by atoms with Gasteiger partial charge in [0.25, 0.3) is 5.91 Å². The van der Waals surface area contributed by atoms with Crippen molar-refractivity contribution < 1.29 is 9.53 Å². The third-order valence-corrected chi connectivity index (χ3v) is 3.65. The lowest BCUT2D eigenvalue weighted by molar-refractivity contribution is 0.0587. The second-order valence-corrected chi connectivity index (χ2v) is 5.10. The average Bonchev–Trinajstić information content (AvgIpc) is 3.07. The predicted octanol–water partition coefficient (Wildman–Crippen LogP) is 2.42. The average molecular weight is 258 g/mol. The Balaban J connectivity index is 1.74. The molecule has 1 saturated heterocycles. The number of amides is 1. The van der Waals surface area contributed by atoms with Crippen molar-refractivity contribution in [2.24, 2.45) is 0 Å². The number of nitrogens with zero attached hydrogens (tertiary/aromatic N) is 1. The van der Waals surface area contributed by atoms with Gasteiger partial charge in [0, 0.05) is 37.5 Å². The largest absolute Gasteiger partial charge is 0.376 e. The van der Waals surface area contributed by atoms with Crippen LogP contribution < -0.4 is 0 Å². The van der Waals surface area contributed by atoms with Crippen molar-refractivity contribution in [2.75, 3.05) is 20.2 Å². The summed E-state index contributed by atoms with van der Waals surface area (Å²) in [6.45, 7) is 1.49. The van der Waals surface area contributed by atoms with E-state index in [0.717, 1.165) is 35.9 Å². The first-order chi connectivity index (χ1) is 9.24. The molecule has 0 spiro atoms. The topological polar surface area (TPSA) is 45.3 Å². The molecule has 0 bridgehead atoms. The summed E-state index contributed by atoms with van der Waals surface area (Å²) in [6.07, 6.45) is 4.23. The monoisotopic (exact) mass is 258 g/mol. The number of benzene rings is 1. The van der Waals surface area contributed by atoms with Crippen LogP contribution in [0.15, 0.2) is 30.5 Å². The number of H-pyrrole nitrogens is 1. The maximum atomic E-state index is 12.4. The molecule has 1 N–H and O–H groups in total. The van der Waals surface area contributed by atoms with E-state index in [4.69, 9.17) is 4.74 Å². The summed E-state index contributed by atoms with van der Waals surface area (Å²) in [5.41, 5.74) is 1.71. The number of fused-ring (bicyclic) bond motifs is 1. The molecule has 4 heteroatoms. The van der Waals surface area contributed by atoms with Crippen molar-refractivity contribution in [1.29, 1.82) is 0 Å². The van der Waals surface area contributed by atoms with Crippen molar-refractivity contribution in [1.82, 2.24) is 9.88 Å². The van der Waals surface area contributed by atoms with E-state index in [1.54, 1.807) is 4.90 Å². The van der Waals surface area contributed by atoms with Crippen molar-refractivity contribution in [3.63, 3.8) is 0 Å². The Morgan fingerprint density at radius 3 is 3.16 bits per heavy atom. The van der Waals surface area contributed by atoms with Crippen LogP contribution in [-0.4, -0.2) is 42.1 Å². The Hall–Kier alpha value is -1.81. The smallest absolute Gasteiger partial charge is 0.253 e. The lowest BCUT2D eigenvalue weighted by atomic mass is 10.1. The number of carbonyl (C=O) groups is 1. The lowest BCUT2D eigenvalue weighted by Crippen LogP contribution is -2.34. The van der Waals surface area contributed by atoms with Crippen molar-refractivity contribution in [3.05, 3.63) is 36.0 Å². The first kappa shape index (κ1) is 12.2. The van der Waals surface area contributed by atoms with Crippen LogP contribution in [0.2, 0.25) is 0 Å². The van der Waals surface area contributed by atoms with Crippen LogP contribution in [0.3, 0.4) is 0 Å². The zero-order valence-corrected chi connectivity index (χ0v) is 11.1. The van der Waals surface area contributed by atoms with Crippen LogP contribution in [-0.2, 0) is 4.74 Å². The minimum absolute atomic E-state index is 0.0481. The molecule has 1 fully saturated rings. The van der Waals surface area contributed by atoms with E-state index < -0.39 is 0 Å². The van der Waals surface area contributed by atoms with Gasteiger partial charge in [0.2, 0.25) is 0 Å². The van der Waals surface area contributed by atoms with Crippen molar-refractivity contribution in [2.45, 2.75) is 18.9 Å². The van der Waals surface area contributed by atoms with Gasteiger partial charge in [0.15, 0.2) is 0 Å². The van der Waals surface area contributed by atoms with E-state index in [2.05, 4.69) is 4.98 Å². The van der Waals surface area contributed by atoms with Gasteiger partial charge in [-0.15, -0.1) is 0 Å². The van der Waals surface area contributed by atoms with Crippen LogP contribution in [0.4, 0.5) is 0 Å². The molecule has 1 aromatic carbocycles. The maximum Gasteiger partial charge on any atom is 0.253 e. The van der Waals surface area contributed by atoms with Crippen LogP contribution in [0.1, 0.15) is 23.2 Å². The normalized spacial score (nSPS) is 18.9. The Morgan fingerprint density at radius 1 is 1.47 bits per heavy atom. The summed E-state index contributed by atoms with van der Waals surface area (Å²) < 4.78 is 5.57. The zero-order valence-electron chi connectivity index (χ0n) is 11.1. The number of ether oxygens (including phenoxy) is 1. The van der Waals surface area contributed by atoms with E-state index in [9.17, 15) is 4.79 Å². The van der Waals surface area contributed by atoms with Gasteiger partial charge in [0.1, 0.15) is 0 Å². The van der Waals surface area contributed by atoms with Gasteiger partial charge in [-0.1, -0.05) is 6.07 Å². The standard InChI is InChI=1S/C15H18N2O2/c1-17(10-13-3-2-8-19-13)15(18)12-5-4-11-6-7-16-14(11)9-12/h4-7,9,13,16H,2-3,8,10H2,1H3. The van der Waals surface area contributed by atoms with Gasteiger partial charge in [-0.2, -0.15) is 0 Å². The number of aromatic amines is 1. The molecule has 1 aliphatic rings. The maximum absolute atomic E-state index is 12.4. The Labute approximate surface area is 112 Å². The second kappa shape index (κ2) is 5.05. The van der Waals surface area contributed by atoms with Crippen LogP contribution in [0, 0.1) is 0 Å². The molecule has 0 aliphatic carbocycles. The molecule has 4 nitrogen and oxygen atoms in total. The quantitative estimate of drug-likeness (QED) is 0.919. The molecule has 0 radical (unpaired) electrons. The molecular formula is C15H18N2O2. The molecule has 100 valence electrons. The minimum Gasteiger partial charge on any atom is -0.376 e. The Bertz CT molecular complexity index is 585. The molecule has 1 amide bonds. The van der Waals surface area contributed by atoms with Gasteiger partial charge in [-0.25, -0.2) is 0 Å². The van der Waals surface area contributed by atoms with E-state index in [1.165, 1.54) is 0 Å². The fourth-order valence-corrected chi connectivity index (χ4v) is 2.58. The van der Waals surface area contributed by atoms with Crippen molar-refractivity contribution in [3.8, 4) is 0 Å². The molecule has 1 unspecified atom stereocenters. The fraction of sp³-hybridized carbons (Fsp3) is 0.400. The molecule has 1 atom stereocenters. The van der Waals surface area contributed by atoms with Gasteiger partial charge in [-0.05, 0) is 36.4 Å². The zero-order chi connectivity index (χ0) is 13.2. The van der Waals surface area contributed by atoms with E-state index in [0.29, 0.717) is 6.54 Å². The number of hydrogen-bond donors (Lipinski definition) is 1. The van der Waals surface area contributed by atoms with Crippen molar-refractivity contribution >= 4 is 16.8 Å². The summed E-state index contributed by atoms with van der Waals surface area (Å²) in [5.74, 6) is 0.0481. The van der Waals surface area contributed by atoms with Gasteiger partial charge >= 0.3 is 0 Å². The first-order valence-corrected chi connectivity index (χ1v) is 6.68. The highest BCUT2D eigenvalue weighted by molar-refractivity contribution is 5.97. The highest BCUT2D eigenvalue weighted by Gasteiger charge is 2.20. The summed E-state index contributed by atoms with van der Waals surface area (Å²) in [7, 11) is 1.84. The number of nitrogens with one attached hydrogen (secondary N) is 1. The molecule has 0 saturated carbocycles. The predicted molar refractivity (Wildman–Crippen MR) is 74.2 cm³/mol. The minimum atomic E-state index is 0.0481. The number of carbonyl (C=O) groups excluding carboxylic acids is 1. The number of likely N-dealkylation sites (N-methyl/N-ethyl adjacent to an activating group) is 1. The van der Waals surface area contributed by atoms with Gasteiger partial charge < -0.3 is 14.6 Å². The molecule has 2 heterocycles. The first-order valence-electron chi connectivity index (χ1n) is 6.68. The molecular weight excluding hydrogens is 240 g/mol. The highest BCUT2D eigenvalue weighted by Crippen LogP contribution is 2.17. The molecule has 19 heavy (non-hydrogen) atoms. The third-order valence-electron chi connectivity index (χ3n) is 3.65. The molecule has 2 aromatic rings. The Kier molecular flexibility index (Phi) is 3.25. The van der Waals surface area contributed by atoms with Crippen LogP contribution in [0.25, 0.3) is 10.9 Å². The fourth-order valence-electron chi connectivity index (χ4n) is 2.58. The van der Waals surface area contributed by atoms with E-state index >= 15 is 0 Å². The Morgan fingerprint density at radius 2 is 2.37 bits per heavy atom. The summed E-state index contributed by atoms with van der Waals surface area (Å²) >= 11 is 0. The summed E-state index contributed by atoms with van der Waals surface area (Å²) in [5, 5.41) is 1.12. The van der Waals surface area contributed by atoms with E-state index in [1.807, 2.05) is 37.5 Å². The lowest BCUT2D eigenvalue weighted by Gasteiger charge is -2.20. The van der Waals surface area contributed by atoms with Gasteiger partial charge in [0.05, 0.1) is 6.10 Å². The van der Waals surface area contributed by atoms with Crippen LogP contribution in [0.5, 0.6) is 0 Å². The highest BCUT2D eigenvalue weighted by atomic mass is 16.5. The SMILES string of the molecule is CN(CC1CCCO1)C(=O)c1ccc2cc[nH]c2c1. The number of rotatable bonds is 3. The van der Waals surface area contributed by atoms with E-state index in [-0.39, 0.29) is 12.0 Å². The molecule has 3 rings (SSSR count). The second-order valence-electron chi connectivity index (χ2n) is 5.10. The molecule has 1 aromatic heterocycles. The number of hydrogen-bond acceptors (Lipinski definition) is 2. The number of aromatic nitrogens is 1. The van der Waals surface area contributed by atoms with Crippen LogP contribution >= 0.6 is 0 Å². The third kappa shape index (κ3) is 2.49. The summed E-state index contributed by atoms with van der Waals surface area (Å²) in [4.78, 5) is 17.2.